The molecule has 0 bridgehead atoms. The summed E-state index contributed by atoms with van der Waals surface area (Å²) < 4.78 is 32.5. The predicted molar refractivity (Wildman–Crippen MR) is 127 cm³/mol. The summed E-state index contributed by atoms with van der Waals surface area (Å²) in [6.45, 7) is 6.77. The van der Waals surface area contributed by atoms with Gasteiger partial charge in [-0.2, -0.15) is 0 Å². The van der Waals surface area contributed by atoms with Crippen LogP contribution in [0.25, 0.3) is 0 Å². The van der Waals surface area contributed by atoms with Gasteiger partial charge in [0.25, 0.3) is 0 Å². The van der Waals surface area contributed by atoms with Crippen molar-refractivity contribution in [1.29, 1.82) is 0 Å². The lowest BCUT2D eigenvalue weighted by Crippen LogP contribution is -2.44. The maximum Gasteiger partial charge on any atom is 0.223 e. The van der Waals surface area contributed by atoms with Crippen molar-refractivity contribution in [2.45, 2.75) is 51.8 Å². The van der Waals surface area contributed by atoms with E-state index in [1.165, 1.54) is 4.31 Å². The molecule has 0 saturated carbocycles. The van der Waals surface area contributed by atoms with Gasteiger partial charge in [0, 0.05) is 19.0 Å². The molecule has 1 fully saturated rings. The Labute approximate surface area is 192 Å². The average Bonchev–Trinajstić information content (AvgIpc) is 2.78. The van der Waals surface area contributed by atoms with Crippen molar-refractivity contribution in [1.82, 2.24) is 9.62 Å². The fourth-order valence-electron chi connectivity index (χ4n) is 4.21. The number of carbonyl (C=O) groups excluding carboxylic acids is 1. The first-order chi connectivity index (χ1) is 15.2. The van der Waals surface area contributed by atoms with Crippen molar-refractivity contribution in [3.05, 3.63) is 64.7 Å². The SMILES string of the molecule is CC[C@H](NC(=O)C1CCN(S(=O)(=O)Cc2ccc(C)cc2)CC1)c1ccc(OC)c(C)c1. The van der Waals surface area contributed by atoms with Gasteiger partial charge in [0.15, 0.2) is 0 Å². The molecule has 3 rings (SSSR count). The fourth-order valence-corrected chi connectivity index (χ4v) is 5.77. The third kappa shape index (κ3) is 5.90. The monoisotopic (exact) mass is 458 g/mol. The van der Waals surface area contributed by atoms with Gasteiger partial charge >= 0.3 is 0 Å². The molecule has 0 aliphatic carbocycles. The van der Waals surface area contributed by atoms with Crippen molar-refractivity contribution in [3.8, 4) is 5.75 Å². The normalized spacial score (nSPS) is 16.5. The molecular weight excluding hydrogens is 424 g/mol. The maximum absolute atomic E-state index is 12.9. The second-order valence-electron chi connectivity index (χ2n) is 8.61. The zero-order chi connectivity index (χ0) is 23.3. The standard InChI is InChI=1S/C25H34N2O4S/c1-5-23(22-10-11-24(31-4)19(3)16-22)26-25(28)21-12-14-27(15-13-21)32(29,30)17-20-8-6-18(2)7-9-20/h6-11,16,21,23H,5,12-15,17H2,1-4H3,(H,26,28)/t23-/m0/s1. The van der Waals surface area contributed by atoms with Gasteiger partial charge in [-0.25, -0.2) is 12.7 Å². The molecule has 0 aromatic heterocycles. The predicted octanol–water partition coefficient (Wildman–Crippen LogP) is 4.12. The van der Waals surface area contributed by atoms with Gasteiger partial charge in [-0.15, -0.1) is 0 Å². The van der Waals surface area contributed by atoms with E-state index in [1.54, 1.807) is 7.11 Å². The Bertz CT molecular complexity index is 1030. The van der Waals surface area contributed by atoms with E-state index >= 15 is 0 Å². The highest BCUT2D eigenvalue weighted by molar-refractivity contribution is 7.88. The van der Waals surface area contributed by atoms with Crippen LogP contribution in [0.5, 0.6) is 5.75 Å². The Balaban J connectivity index is 1.57. The number of methoxy groups -OCH3 is 1. The Morgan fingerprint density at radius 1 is 1.12 bits per heavy atom. The summed E-state index contributed by atoms with van der Waals surface area (Å²) in [7, 11) is -1.74. The van der Waals surface area contributed by atoms with Gasteiger partial charge in [0.1, 0.15) is 5.75 Å². The topological polar surface area (TPSA) is 75.7 Å². The summed E-state index contributed by atoms with van der Waals surface area (Å²) in [6, 6.07) is 13.5. The number of aryl methyl sites for hydroxylation is 2. The Morgan fingerprint density at radius 3 is 2.34 bits per heavy atom. The van der Waals surface area contributed by atoms with Gasteiger partial charge in [-0.05, 0) is 55.9 Å². The molecule has 2 aromatic rings. The first-order valence-corrected chi connectivity index (χ1v) is 12.8. The molecule has 32 heavy (non-hydrogen) atoms. The van der Waals surface area contributed by atoms with E-state index in [9.17, 15) is 13.2 Å². The zero-order valence-corrected chi connectivity index (χ0v) is 20.2. The van der Waals surface area contributed by atoms with E-state index in [0.29, 0.717) is 25.9 Å². The van der Waals surface area contributed by atoms with Gasteiger partial charge in [-0.3, -0.25) is 4.79 Å². The van der Waals surface area contributed by atoms with Gasteiger partial charge in [0.2, 0.25) is 15.9 Å². The van der Waals surface area contributed by atoms with Crippen molar-refractivity contribution >= 4 is 15.9 Å². The molecule has 1 aliphatic heterocycles. The molecule has 2 aromatic carbocycles. The molecular formula is C25H34N2O4S. The molecule has 7 heteroatoms. The molecule has 1 heterocycles. The maximum atomic E-state index is 12.9. The number of sulfonamides is 1. The summed E-state index contributed by atoms with van der Waals surface area (Å²) in [6.07, 6.45) is 1.86. The number of nitrogens with zero attached hydrogens (tertiary/aromatic N) is 1. The smallest absolute Gasteiger partial charge is 0.223 e. The van der Waals surface area contributed by atoms with Crippen LogP contribution in [0.1, 0.15) is 54.5 Å². The van der Waals surface area contributed by atoms with Crippen LogP contribution in [0.3, 0.4) is 0 Å². The van der Waals surface area contributed by atoms with Crippen LogP contribution in [0.4, 0.5) is 0 Å². The third-order valence-electron chi connectivity index (χ3n) is 6.23. The second kappa shape index (κ2) is 10.5. The number of nitrogens with one attached hydrogen (secondary N) is 1. The molecule has 174 valence electrons. The zero-order valence-electron chi connectivity index (χ0n) is 19.4. The lowest BCUT2D eigenvalue weighted by Gasteiger charge is -2.31. The molecule has 6 nitrogen and oxygen atoms in total. The van der Waals surface area contributed by atoms with Crippen LogP contribution < -0.4 is 10.1 Å². The van der Waals surface area contributed by atoms with Crippen LogP contribution in [0.2, 0.25) is 0 Å². The van der Waals surface area contributed by atoms with Gasteiger partial charge in [-0.1, -0.05) is 48.9 Å². The molecule has 0 unspecified atom stereocenters. The largest absolute Gasteiger partial charge is 0.496 e. The molecule has 1 N–H and O–H groups in total. The lowest BCUT2D eigenvalue weighted by molar-refractivity contribution is -0.126. The minimum atomic E-state index is -3.39. The summed E-state index contributed by atoms with van der Waals surface area (Å²) in [5, 5.41) is 3.17. The fraction of sp³-hybridized carbons (Fsp3) is 0.480. The number of rotatable bonds is 8. The first kappa shape index (κ1) is 24.3. The third-order valence-corrected chi connectivity index (χ3v) is 8.08. The van der Waals surface area contributed by atoms with E-state index in [4.69, 9.17) is 4.74 Å². The van der Waals surface area contributed by atoms with Crippen molar-refractivity contribution in [2.75, 3.05) is 20.2 Å². The van der Waals surface area contributed by atoms with E-state index in [0.717, 1.165) is 34.4 Å². The highest BCUT2D eigenvalue weighted by Gasteiger charge is 2.32. The average molecular weight is 459 g/mol. The summed E-state index contributed by atoms with van der Waals surface area (Å²) in [4.78, 5) is 12.9. The van der Waals surface area contributed by atoms with Crippen LogP contribution in [0.15, 0.2) is 42.5 Å². The number of hydrogen-bond acceptors (Lipinski definition) is 4. The summed E-state index contributed by atoms with van der Waals surface area (Å²) in [5.41, 5.74) is 3.98. The number of hydrogen-bond donors (Lipinski definition) is 1. The molecule has 0 radical (unpaired) electrons. The number of piperidine rings is 1. The quantitative estimate of drug-likeness (QED) is 0.646. The number of ether oxygens (including phenoxy) is 1. The Hall–Kier alpha value is -2.38. The van der Waals surface area contributed by atoms with E-state index < -0.39 is 10.0 Å². The molecule has 1 atom stereocenters. The molecule has 1 saturated heterocycles. The number of benzene rings is 2. The van der Waals surface area contributed by atoms with Crippen LogP contribution in [0, 0.1) is 19.8 Å². The van der Waals surface area contributed by atoms with Crippen molar-refractivity contribution < 1.29 is 17.9 Å². The minimum absolute atomic E-state index is 0.000837. The van der Waals surface area contributed by atoms with E-state index in [-0.39, 0.29) is 23.6 Å². The van der Waals surface area contributed by atoms with E-state index in [2.05, 4.69) is 5.32 Å². The second-order valence-corrected chi connectivity index (χ2v) is 10.6. The summed E-state index contributed by atoms with van der Waals surface area (Å²) >= 11 is 0. The highest BCUT2D eigenvalue weighted by atomic mass is 32.2. The molecule has 1 amide bonds. The molecule has 1 aliphatic rings. The van der Waals surface area contributed by atoms with Crippen LogP contribution >= 0.6 is 0 Å². The van der Waals surface area contributed by atoms with Crippen molar-refractivity contribution in [2.24, 2.45) is 5.92 Å². The van der Waals surface area contributed by atoms with Gasteiger partial charge in [0.05, 0.1) is 18.9 Å². The van der Waals surface area contributed by atoms with E-state index in [1.807, 2.05) is 63.2 Å². The Morgan fingerprint density at radius 2 is 1.78 bits per heavy atom. The Kier molecular flexibility index (Phi) is 7.96. The summed E-state index contributed by atoms with van der Waals surface area (Å²) in [5.74, 6) is 0.656. The number of amides is 1. The number of carbonyl (C=O) groups is 1. The molecule has 0 spiro atoms. The van der Waals surface area contributed by atoms with Gasteiger partial charge < -0.3 is 10.1 Å². The van der Waals surface area contributed by atoms with Crippen LogP contribution in [-0.2, 0) is 20.6 Å². The highest BCUT2D eigenvalue weighted by Crippen LogP contribution is 2.26. The minimum Gasteiger partial charge on any atom is -0.496 e. The van der Waals surface area contributed by atoms with Crippen molar-refractivity contribution in [3.63, 3.8) is 0 Å². The first-order valence-electron chi connectivity index (χ1n) is 11.2. The van der Waals surface area contributed by atoms with Crippen LogP contribution in [-0.4, -0.2) is 38.8 Å². The lowest BCUT2D eigenvalue weighted by atomic mass is 9.95.